The molecule has 3 heteroatoms. The lowest BCUT2D eigenvalue weighted by atomic mass is 10.1. The van der Waals surface area contributed by atoms with Crippen LogP contribution in [0, 0.1) is 0 Å². The van der Waals surface area contributed by atoms with E-state index in [1.165, 1.54) is 10.5 Å². The molecule has 0 amide bonds. The summed E-state index contributed by atoms with van der Waals surface area (Å²) in [6.07, 6.45) is 2.26. The van der Waals surface area contributed by atoms with Gasteiger partial charge in [-0.05, 0) is 45.9 Å². The van der Waals surface area contributed by atoms with Crippen LogP contribution in [0.1, 0.15) is 38.8 Å². The molecule has 2 nitrogen and oxygen atoms in total. The van der Waals surface area contributed by atoms with Gasteiger partial charge in [0.1, 0.15) is 11.5 Å². The number of rotatable bonds is 6. The van der Waals surface area contributed by atoms with E-state index in [0.29, 0.717) is 12.1 Å². The highest BCUT2D eigenvalue weighted by atomic mass is 32.2. The van der Waals surface area contributed by atoms with Gasteiger partial charge in [0.25, 0.3) is 0 Å². The van der Waals surface area contributed by atoms with Gasteiger partial charge in [-0.15, -0.1) is 11.8 Å². The second-order valence-electron chi connectivity index (χ2n) is 6.92. The number of hydrogen-bond acceptors (Lipinski definition) is 3. The molecule has 1 heterocycles. The van der Waals surface area contributed by atoms with Crippen molar-refractivity contribution in [3.8, 4) is 11.5 Å². The number of benzene rings is 2. The van der Waals surface area contributed by atoms with Crippen LogP contribution in [0.15, 0.2) is 48.5 Å². The molecule has 0 N–H and O–H groups in total. The summed E-state index contributed by atoms with van der Waals surface area (Å²) in [6, 6.07) is 17.7. The third-order valence-electron chi connectivity index (χ3n) is 4.51. The maximum atomic E-state index is 6.16. The first-order chi connectivity index (χ1) is 12.1. The SMILES string of the molecule is CC(C)N(CCSC1=Cc2ccccc2Oc2ccccc21)C(C)C. The summed E-state index contributed by atoms with van der Waals surface area (Å²) in [5.74, 6) is 2.94. The van der Waals surface area contributed by atoms with E-state index >= 15 is 0 Å². The molecule has 0 saturated heterocycles. The smallest absolute Gasteiger partial charge is 0.135 e. The zero-order valence-electron chi connectivity index (χ0n) is 15.5. The Balaban J connectivity index is 1.83. The fraction of sp³-hybridized carbons (Fsp3) is 0.364. The van der Waals surface area contributed by atoms with Gasteiger partial charge < -0.3 is 4.74 Å². The molecule has 0 fully saturated rings. The summed E-state index contributed by atoms with van der Waals surface area (Å²) in [5, 5.41) is 0. The Morgan fingerprint density at radius 1 is 0.880 bits per heavy atom. The van der Waals surface area contributed by atoms with Crippen LogP contribution in [0.25, 0.3) is 11.0 Å². The number of para-hydroxylation sites is 2. The van der Waals surface area contributed by atoms with Crippen molar-refractivity contribution >= 4 is 22.7 Å². The molecule has 0 aromatic heterocycles. The molecule has 0 spiro atoms. The lowest BCUT2D eigenvalue weighted by molar-refractivity contribution is 0.187. The molecule has 0 bridgehead atoms. The molecule has 0 atom stereocenters. The number of thioether (sulfide) groups is 1. The van der Waals surface area contributed by atoms with Gasteiger partial charge in [-0.25, -0.2) is 0 Å². The van der Waals surface area contributed by atoms with Gasteiger partial charge in [0.15, 0.2) is 0 Å². The second kappa shape index (κ2) is 8.11. The molecule has 1 aliphatic rings. The first kappa shape index (κ1) is 18.1. The Morgan fingerprint density at radius 3 is 2.24 bits per heavy atom. The van der Waals surface area contributed by atoms with Crippen LogP contribution < -0.4 is 4.74 Å². The van der Waals surface area contributed by atoms with Crippen molar-refractivity contribution in [1.82, 2.24) is 4.90 Å². The van der Waals surface area contributed by atoms with E-state index in [9.17, 15) is 0 Å². The van der Waals surface area contributed by atoms with Gasteiger partial charge in [-0.3, -0.25) is 4.90 Å². The van der Waals surface area contributed by atoms with Crippen molar-refractivity contribution in [1.29, 1.82) is 0 Å². The predicted octanol–water partition coefficient (Wildman–Crippen LogP) is 6.14. The van der Waals surface area contributed by atoms with Crippen molar-refractivity contribution in [3.05, 3.63) is 59.7 Å². The highest BCUT2D eigenvalue weighted by Crippen LogP contribution is 2.42. The highest BCUT2D eigenvalue weighted by Gasteiger charge is 2.18. The summed E-state index contributed by atoms with van der Waals surface area (Å²) in [6.45, 7) is 10.2. The van der Waals surface area contributed by atoms with Gasteiger partial charge >= 0.3 is 0 Å². The van der Waals surface area contributed by atoms with Gasteiger partial charge in [0.2, 0.25) is 0 Å². The van der Waals surface area contributed by atoms with Crippen LogP contribution in [-0.4, -0.2) is 29.3 Å². The molecule has 25 heavy (non-hydrogen) atoms. The Kier molecular flexibility index (Phi) is 5.87. The number of fused-ring (bicyclic) bond motifs is 2. The van der Waals surface area contributed by atoms with Gasteiger partial charge in [-0.1, -0.05) is 36.4 Å². The van der Waals surface area contributed by atoms with Crippen molar-refractivity contribution < 1.29 is 4.74 Å². The first-order valence-electron chi connectivity index (χ1n) is 9.03. The third kappa shape index (κ3) is 4.28. The zero-order valence-corrected chi connectivity index (χ0v) is 16.3. The molecule has 132 valence electrons. The number of hydrogen-bond donors (Lipinski definition) is 0. The normalized spacial score (nSPS) is 13.3. The molecular weight excluding hydrogens is 326 g/mol. The molecule has 1 aliphatic heterocycles. The molecular formula is C22H27NOS. The quantitative estimate of drug-likeness (QED) is 0.618. The topological polar surface area (TPSA) is 12.5 Å². The van der Waals surface area contributed by atoms with Crippen LogP contribution >= 0.6 is 11.8 Å². The fourth-order valence-corrected chi connectivity index (χ4v) is 4.34. The zero-order chi connectivity index (χ0) is 17.8. The average Bonchev–Trinajstić information content (AvgIpc) is 2.74. The summed E-state index contributed by atoms with van der Waals surface area (Å²) >= 11 is 1.92. The van der Waals surface area contributed by atoms with E-state index in [2.05, 4.69) is 69.0 Å². The van der Waals surface area contributed by atoms with Crippen LogP contribution in [0.3, 0.4) is 0 Å². The summed E-state index contributed by atoms with van der Waals surface area (Å²) < 4.78 is 6.16. The molecule has 0 radical (unpaired) electrons. The minimum absolute atomic E-state index is 0.569. The molecule has 2 aromatic carbocycles. The van der Waals surface area contributed by atoms with E-state index in [1.807, 2.05) is 30.0 Å². The van der Waals surface area contributed by atoms with Crippen LogP contribution in [0.5, 0.6) is 11.5 Å². The summed E-state index contributed by atoms with van der Waals surface area (Å²) in [7, 11) is 0. The lowest BCUT2D eigenvalue weighted by Gasteiger charge is -2.30. The summed E-state index contributed by atoms with van der Waals surface area (Å²) in [4.78, 5) is 3.83. The van der Waals surface area contributed by atoms with Crippen LogP contribution in [0.2, 0.25) is 0 Å². The van der Waals surface area contributed by atoms with Crippen molar-refractivity contribution in [2.45, 2.75) is 39.8 Å². The maximum Gasteiger partial charge on any atom is 0.135 e. The molecule has 2 aromatic rings. The standard InChI is InChI=1S/C22H27NOS/c1-16(2)23(17(3)4)13-14-25-22-15-18-9-5-7-11-20(18)24-21-12-8-6-10-19(21)22/h5-12,15-17H,13-14H2,1-4H3. The third-order valence-corrected chi connectivity index (χ3v) is 5.55. The van der Waals surface area contributed by atoms with E-state index < -0.39 is 0 Å². The van der Waals surface area contributed by atoms with Crippen LogP contribution in [0.4, 0.5) is 0 Å². The molecule has 3 rings (SSSR count). The molecule has 0 unspecified atom stereocenters. The Hall–Kier alpha value is -1.71. The number of ether oxygens (including phenoxy) is 1. The van der Waals surface area contributed by atoms with E-state index in [4.69, 9.17) is 4.74 Å². The minimum Gasteiger partial charge on any atom is -0.456 e. The fourth-order valence-electron chi connectivity index (χ4n) is 3.28. The van der Waals surface area contributed by atoms with Gasteiger partial charge in [0, 0.05) is 40.4 Å². The number of nitrogens with zero attached hydrogens (tertiary/aromatic N) is 1. The lowest BCUT2D eigenvalue weighted by Crippen LogP contribution is -2.38. The largest absolute Gasteiger partial charge is 0.456 e. The minimum atomic E-state index is 0.569. The van der Waals surface area contributed by atoms with Crippen molar-refractivity contribution in [2.24, 2.45) is 0 Å². The Labute approximate surface area is 155 Å². The van der Waals surface area contributed by atoms with E-state index in [0.717, 1.165) is 29.4 Å². The van der Waals surface area contributed by atoms with Crippen LogP contribution in [-0.2, 0) is 0 Å². The highest BCUT2D eigenvalue weighted by molar-refractivity contribution is 8.08. The Morgan fingerprint density at radius 2 is 1.52 bits per heavy atom. The predicted molar refractivity (Wildman–Crippen MR) is 110 cm³/mol. The first-order valence-corrected chi connectivity index (χ1v) is 10.0. The van der Waals surface area contributed by atoms with E-state index in [-0.39, 0.29) is 0 Å². The molecule has 0 saturated carbocycles. The monoisotopic (exact) mass is 353 g/mol. The van der Waals surface area contributed by atoms with Gasteiger partial charge in [-0.2, -0.15) is 0 Å². The van der Waals surface area contributed by atoms with Gasteiger partial charge in [0.05, 0.1) is 0 Å². The second-order valence-corrected chi connectivity index (χ2v) is 8.06. The van der Waals surface area contributed by atoms with Crippen molar-refractivity contribution in [3.63, 3.8) is 0 Å². The van der Waals surface area contributed by atoms with E-state index in [1.54, 1.807) is 0 Å². The molecule has 0 aliphatic carbocycles. The Bertz CT molecular complexity index is 743. The summed E-state index contributed by atoms with van der Waals surface area (Å²) in [5.41, 5.74) is 2.33. The van der Waals surface area contributed by atoms with Crippen molar-refractivity contribution in [2.75, 3.05) is 12.3 Å². The maximum absolute atomic E-state index is 6.16. The average molecular weight is 354 g/mol.